The lowest BCUT2D eigenvalue weighted by Gasteiger charge is -2.54. The van der Waals surface area contributed by atoms with Crippen molar-refractivity contribution < 1.29 is 42.9 Å². The SMILES string of the molecule is Cc1c(O)cccc1C(=O)NC(Cc1ccccc1)[C@H](O)C(=O)N1CC(F)(F)C2(C)[C@H]1C(=O)N2Cc1ccc2c(c1)OCO2. The van der Waals surface area contributed by atoms with Gasteiger partial charge in [-0.25, -0.2) is 8.78 Å². The van der Waals surface area contributed by atoms with Crippen LogP contribution in [0.4, 0.5) is 8.78 Å². The number of phenols is 1. The molecular weight excluding hydrogens is 576 g/mol. The average Bonchev–Trinajstić information content (AvgIpc) is 3.54. The standard InChI is InChI=1S/C32H31F2N3O7/c1-18-21(9-6-10-23(18)38)28(40)35-22(13-19-7-4-3-5-8-19)26(39)29(41)36-16-32(33,34)31(2)27(36)30(42)37(31)15-20-11-12-24-25(14-20)44-17-43-24/h3-12,14,22,26-27,38-39H,13,15-17H2,1-2H3,(H,35,40)/t22?,26-,27+,31?/m0/s1. The average molecular weight is 608 g/mol. The molecule has 3 aromatic carbocycles. The van der Waals surface area contributed by atoms with Gasteiger partial charge in [-0.2, -0.15) is 0 Å². The molecular formula is C32H31F2N3O7. The number of nitrogens with zero attached hydrogens (tertiary/aromatic N) is 2. The van der Waals surface area contributed by atoms with E-state index in [2.05, 4.69) is 5.32 Å². The zero-order chi connectivity index (χ0) is 31.4. The second-order valence-corrected chi connectivity index (χ2v) is 11.5. The van der Waals surface area contributed by atoms with Crippen molar-refractivity contribution in [3.05, 3.63) is 89.0 Å². The van der Waals surface area contributed by atoms with Gasteiger partial charge in [-0.3, -0.25) is 14.4 Å². The smallest absolute Gasteiger partial charge is 0.290 e. The van der Waals surface area contributed by atoms with Gasteiger partial charge in [-0.15, -0.1) is 0 Å². The van der Waals surface area contributed by atoms with Crippen LogP contribution in [0.2, 0.25) is 0 Å². The molecule has 3 aliphatic heterocycles. The van der Waals surface area contributed by atoms with Crippen LogP contribution >= 0.6 is 0 Å². The van der Waals surface area contributed by atoms with E-state index in [-0.39, 0.29) is 31.1 Å². The van der Waals surface area contributed by atoms with E-state index < -0.39 is 53.9 Å². The van der Waals surface area contributed by atoms with Crippen molar-refractivity contribution in [2.24, 2.45) is 0 Å². The molecule has 3 aromatic rings. The largest absolute Gasteiger partial charge is 0.508 e. The van der Waals surface area contributed by atoms with E-state index in [1.54, 1.807) is 55.5 Å². The molecule has 2 saturated heterocycles. The number of β-lactam (4-membered cyclic amide) rings is 1. The van der Waals surface area contributed by atoms with Crippen molar-refractivity contribution in [3.63, 3.8) is 0 Å². The summed E-state index contributed by atoms with van der Waals surface area (Å²) < 4.78 is 42.1. The van der Waals surface area contributed by atoms with Crippen LogP contribution in [0.1, 0.15) is 34.0 Å². The number of hydrogen-bond donors (Lipinski definition) is 3. The molecule has 0 spiro atoms. The Morgan fingerprint density at radius 1 is 1.05 bits per heavy atom. The first-order valence-electron chi connectivity index (χ1n) is 14.1. The molecule has 44 heavy (non-hydrogen) atoms. The Balaban J connectivity index is 1.24. The quantitative estimate of drug-likeness (QED) is 0.336. The third-order valence-electron chi connectivity index (χ3n) is 8.87. The number of amides is 3. The van der Waals surface area contributed by atoms with Crippen molar-refractivity contribution in [2.75, 3.05) is 13.3 Å². The van der Waals surface area contributed by atoms with E-state index in [1.807, 2.05) is 0 Å². The summed E-state index contributed by atoms with van der Waals surface area (Å²) in [5.74, 6) is -5.08. The van der Waals surface area contributed by atoms with Crippen molar-refractivity contribution >= 4 is 17.7 Å². The third-order valence-corrected chi connectivity index (χ3v) is 8.87. The first-order chi connectivity index (χ1) is 20.9. The highest BCUT2D eigenvalue weighted by molar-refractivity contribution is 5.99. The lowest BCUT2D eigenvalue weighted by molar-refractivity contribution is -0.193. The van der Waals surface area contributed by atoms with Crippen molar-refractivity contribution in [3.8, 4) is 17.2 Å². The Labute approximate surface area is 251 Å². The van der Waals surface area contributed by atoms with Gasteiger partial charge in [0.15, 0.2) is 17.6 Å². The summed E-state index contributed by atoms with van der Waals surface area (Å²) in [6.07, 6.45) is -1.96. The summed E-state index contributed by atoms with van der Waals surface area (Å²) in [6, 6.07) is 15.3. The number of aliphatic hydroxyl groups is 1. The zero-order valence-corrected chi connectivity index (χ0v) is 24.0. The lowest BCUT2D eigenvalue weighted by atomic mass is 9.77. The molecule has 6 rings (SSSR count). The number of aromatic hydroxyl groups is 1. The molecule has 0 bridgehead atoms. The zero-order valence-electron chi connectivity index (χ0n) is 24.0. The fourth-order valence-electron chi connectivity index (χ4n) is 6.23. The Bertz CT molecular complexity index is 1640. The minimum Gasteiger partial charge on any atom is -0.508 e. The summed E-state index contributed by atoms with van der Waals surface area (Å²) in [7, 11) is 0. The fourth-order valence-corrected chi connectivity index (χ4v) is 6.23. The fraction of sp³-hybridized carbons (Fsp3) is 0.344. The van der Waals surface area contributed by atoms with Crippen LogP contribution in [0.15, 0.2) is 66.7 Å². The van der Waals surface area contributed by atoms with Crippen LogP contribution in [0.3, 0.4) is 0 Å². The highest BCUT2D eigenvalue weighted by atomic mass is 19.3. The number of alkyl halides is 2. The van der Waals surface area contributed by atoms with Gasteiger partial charge in [0.05, 0.1) is 12.6 Å². The number of carbonyl (C=O) groups excluding carboxylic acids is 3. The molecule has 3 heterocycles. The highest BCUT2D eigenvalue weighted by Crippen LogP contribution is 2.53. The molecule has 3 aliphatic rings. The number of halogens is 2. The number of rotatable bonds is 8. The molecule has 230 valence electrons. The van der Waals surface area contributed by atoms with Gasteiger partial charge < -0.3 is 34.8 Å². The Morgan fingerprint density at radius 3 is 2.52 bits per heavy atom. The predicted molar refractivity (Wildman–Crippen MR) is 152 cm³/mol. The maximum atomic E-state index is 15.7. The summed E-state index contributed by atoms with van der Waals surface area (Å²) in [4.78, 5) is 42.1. The number of hydrogen-bond acceptors (Lipinski definition) is 7. The number of aliphatic hydroxyl groups excluding tert-OH is 1. The summed E-state index contributed by atoms with van der Waals surface area (Å²) in [5.41, 5.74) is -0.385. The van der Waals surface area contributed by atoms with Crippen LogP contribution in [0.25, 0.3) is 0 Å². The number of nitrogens with one attached hydrogen (secondary N) is 1. The molecule has 10 nitrogen and oxygen atoms in total. The van der Waals surface area contributed by atoms with Crippen LogP contribution in [-0.4, -0.2) is 80.7 Å². The van der Waals surface area contributed by atoms with Gasteiger partial charge in [-0.05, 0) is 55.7 Å². The first-order valence-corrected chi connectivity index (χ1v) is 14.1. The van der Waals surface area contributed by atoms with E-state index in [9.17, 15) is 24.6 Å². The molecule has 3 N–H and O–H groups in total. The molecule has 0 radical (unpaired) electrons. The Kier molecular flexibility index (Phi) is 7.19. The second-order valence-electron chi connectivity index (χ2n) is 11.5. The highest BCUT2D eigenvalue weighted by Gasteiger charge is 2.77. The minimum atomic E-state index is -3.49. The molecule has 4 atom stereocenters. The first kappa shape index (κ1) is 29.4. The van der Waals surface area contributed by atoms with E-state index in [0.29, 0.717) is 28.2 Å². The van der Waals surface area contributed by atoms with Gasteiger partial charge in [0.1, 0.15) is 17.3 Å². The number of fused-ring (bicyclic) bond motifs is 2. The number of phenolic OH excluding ortho intramolecular Hbond substituents is 1. The van der Waals surface area contributed by atoms with Crippen LogP contribution < -0.4 is 14.8 Å². The number of benzene rings is 3. The van der Waals surface area contributed by atoms with E-state index in [0.717, 1.165) is 9.80 Å². The topological polar surface area (TPSA) is 129 Å². The molecule has 3 amide bonds. The van der Waals surface area contributed by atoms with Crippen molar-refractivity contribution in [1.82, 2.24) is 15.1 Å². The molecule has 0 aliphatic carbocycles. The molecule has 2 fully saturated rings. The molecule has 12 heteroatoms. The second kappa shape index (κ2) is 10.8. The summed E-state index contributed by atoms with van der Waals surface area (Å²) >= 11 is 0. The number of ether oxygens (including phenoxy) is 2. The van der Waals surface area contributed by atoms with Gasteiger partial charge in [0.25, 0.3) is 17.7 Å². The van der Waals surface area contributed by atoms with Crippen molar-refractivity contribution in [2.45, 2.75) is 56.5 Å². The maximum Gasteiger partial charge on any atom is 0.290 e. The summed E-state index contributed by atoms with van der Waals surface area (Å²) in [5, 5.41) is 24.0. The Morgan fingerprint density at radius 2 is 1.77 bits per heavy atom. The third kappa shape index (κ3) is 4.69. The maximum absolute atomic E-state index is 15.7. The molecule has 2 unspecified atom stereocenters. The predicted octanol–water partition coefficient (Wildman–Crippen LogP) is 2.78. The van der Waals surface area contributed by atoms with Gasteiger partial charge >= 0.3 is 0 Å². The number of likely N-dealkylation sites (tertiary alicyclic amines) is 2. The van der Waals surface area contributed by atoms with Crippen molar-refractivity contribution in [1.29, 1.82) is 0 Å². The minimum absolute atomic E-state index is 0.00625. The van der Waals surface area contributed by atoms with Crippen LogP contribution in [0, 0.1) is 6.92 Å². The number of carbonyl (C=O) groups is 3. The van der Waals surface area contributed by atoms with Crippen LogP contribution in [-0.2, 0) is 22.6 Å². The van der Waals surface area contributed by atoms with E-state index in [4.69, 9.17) is 9.47 Å². The van der Waals surface area contributed by atoms with Gasteiger partial charge in [-0.1, -0.05) is 42.5 Å². The summed E-state index contributed by atoms with van der Waals surface area (Å²) in [6.45, 7) is 1.60. The van der Waals surface area contributed by atoms with E-state index in [1.165, 1.54) is 25.1 Å². The van der Waals surface area contributed by atoms with E-state index >= 15 is 8.78 Å². The molecule has 0 saturated carbocycles. The monoisotopic (exact) mass is 607 g/mol. The molecule has 0 aromatic heterocycles. The van der Waals surface area contributed by atoms with Crippen LogP contribution in [0.5, 0.6) is 17.2 Å². The lowest BCUT2D eigenvalue weighted by Crippen LogP contribution is -2.78. The van der Waals surface area contributed by atoms with Gasteiger partial charge in [0.2, 0.25) is 12.7 Å². The normalized spacial score (nSPS) is 22.7. The van der Waals surface area contributed by atoms with Gasteiger partial charge in [0, 0.05) is 17.7 Å². The Hall–Kier alpha value is -4.71.